The van der Waals surface area contributed by atoms with E-state index in [1.807, 2.05) is 30.3 Å². The molecule has 0 aliphatic rings. The molecule has 5 N–H and O–H groups in total. The van der Waals surface area contributed by atoms with Crippen LogP contribution in [0.3, 0.4) is 0 Å². The van der Waals surface area contributed by atoms with Crippen molar-refractivity contribution < 1.29 is 14.7 Å². The van der Waals surface area contributed by atoms with Crippen LogP contribution in [0.5, 0.6) is 0 Å². The molecule has 3 rings (SSSR count). The summed E-state index contributed by atoms with van der Waals surface area (Å²) in [4.78, 5) is 26.6. The fourth-order valence-electron chi connectivity index (χ4n) is 3.23. The van der Waals surface area contributed by atoms with E-state index in [9.17, 15) is 14.7 Å². The second kappa shape index (κ2) is 11.5. The zero-order chi connectivity index (χ0) is 22.8. The largest absolute Gasteiger partial charge is 0.397 e. The summed E-state index contributed by atoms with van der Waals surface area (Å²) in [6.45, 7) is 0.912. The van der Waals surface area contributed by atoms with Crippen LogP contribution in [-0.2, 0) is 13.0 Å². The molecule has 0 saturated carbocycles. The fourth-order valence-corrected chi connectivity index (χ4v) is 3.23. The number of carbonyl (C=O) groups is 2. The normalized spacial score (nSPS) is 10.4. The Morgan fingerprint density at radius 3 is 2.25 bits per heavy atom. The van der Waals surface area contributed by atoms with Gasteiger partial charge in [-0.1, -0.05) is 54.6 Å². The fraction of sp³-hybridized carbons (Fsp3) is 0.200. The minimum absolute atomic E-state index is 0.134. The highest BCUT2D eigenvalue weighted by atomic mass is 16.3. The van der Waals surface area contributed by atoms with Gasteiger partial charge in [-0.25, -0.2) is 4.79 Å². The van der Waals surface area contributed by atoms with E-state index >= 15 is 0 Å². The molecule has 3 aromatic rings. The topological polar surface area (TPSA) is 108 Å². The number of anilines is 2. The number of nitrogens with one attached hydrogen (secondary N) is 2. The molecule has 0 atom stereocenters. The van der Waals surface area contributed by atoms with Gasteiger partial charge >= 0.3 is 6.03 Å². The molecule has 0 aliphatic carbocycles. The van der Waals surface area contributed by atoms with Crippen LogP contribution in [0.25, 0.3) is 0 Å². The molecule has 0 fully saturated rings. The van der Waals surface area contributed by atoms with Crippen LogP contribution in [0.1, 0.15) is 21.5 Å². The highest BCUT2D eigenvalue weighted by Crippen LogP contribution is 2.18. The predicted octanol–water partition coefficient (Wildman–Crippen LogP) is 3.27. The molecule has 166 valence electrons. The number of rotatable bonds is 9. The number of urea groups is 1. The van der Waals surface area contributed by atoms with Crippen molar-refractivity contribution in [1.29, 1.82) is 0 Å². The highest BCUT2D eigenvalue weighted by molar-refractivity contribution is 6.05. The molecule has 0 saturated heterocycles. The lowest BCUT2D eigenvalue weighted by atomic mass is 10.1. The summed E-state index contributed by atoms with van der Waals surface area (Å²) in [5.41, 5.74) is 9.41. The maximum atomic E-state index is 12.6. The van der Waals surface area contributed by atoms with Crippen molar-refractivity contribution in [2.24, 2.45) is 0 Å². The van der Waals surface area contributed by atoms with E-state index in [-0.39, 0.29) is 25.1 Å². The first kappa shape index (κ1) is 22.8. The molecule has 0 spiro atoms. The van der Waals surface area contributed by atoms with Crippen molar-refractivity contribution in [3.05, 3.63) is 95.6 Å². The Kier molecular flexibility index (Phi) is 8.22. The second-order valence-electron chi connectivity index (χ2n) is 7.35. The van der Waals surface area contributed by atoms with Gasteiger partial charge in [0.25, 0.3) is 5.91 Å². The van der Waals surface area contributed by atoms with Gasteiger partial charge in [0.05, 0.1) is 18.0 Å². The number of nitrogens with zero attached hydrogens (tertiary/aromatic N) is 1. The number of para-hydroxylation sites is 2. The van der Waals surface area contributed by atoms with Gasteiger partial charge in [0.2, 0.25) is 0 Å². The van der Waals surface area contributed by atoms with E-state index in [4.69, 9.17) is 5.73 Å². The number of nitrogen functional groups attached to an aromatic ring is 1. The molecule has 0 aliphatic heterocycles. The average Bonchev–Trinajstić information content (AvgIpc) is 2.81. The first-order chi connectivity index (χ1) is 15.6. The Morgan fingerprint density at radius 1 is 0.875 bits per heavy atom. The Hall–Kier alpha value is -3.84. The van der Waals surface area contributed by atoms with Gasteiger partial charge < -0.3 is 26.4 Å². The lowest BCUT2D eigenvalue weighted by Crippen LogP contribution is -2.41. The second-order valence-corrected chi connectivity index (χ2v) is 7.35. The number of amides is 3. The lowest BCUT2D eigenvalue weighted by molar-refractivity contribution is 0.102. The first-order valence-corrected chi connectivity index (χ1v) is 10.5. The molecule has 7 heteroatoms. The van der Waals surface area contributed by atoms with Crippen LogP contribution >= 0.6 is 0 Å². The maximum absolute atomic E-state index is 12.6. The van der Waals surface area contributed by atoms with Crippen LogP contribution in [0, 0.1) is 0 Å². The molecular weight excluding hydrogens is 404 g/mol. The lowest BCUT2D eigenvalue weighted by Gasteiger charge is -2.22. The average molecular weight is 433 g/mol. The Morgan fingerprint density at radius 2 is 1.56 bits per heavy atom. The van der Waals surface area contributed by atoms with Gasteiger partial charge in [0, 0.05) is 25.2 Å². The van der Waals surface area contributed by atoms with Gasteiger partial charge in [-0.05, 0) is 41.8 Å². The molecule has 0 radical (unpaired) electrons. The van der Waals surface area contributed by atoms with Crippen LogP contribution < -0.4 is 16.4 Å². The summed E-state index contributed by atoms with van der Waals surface area (Å²) in [6.07, 6.45) is 0.731. The monoisotopic (exact) mass is 432 g/mol. The van der Waals surface area contributed by atoms with E-state index in [1.54, 1.807) is 53.4 Å². The van der Waals surface area contributed by atoms with Crippen molar-refractivity contribution in [3.63, 3.8) is 0 Å². The molecule has 0 heterocycles. The summed E-state index contributed by atoms with van der Waals surface area (Å²) in [7, 11) is 0. The van der Waals surface area contributed by atoms with E-state index < -0.39 is 0 Å². The molecule has 7 nitrogen and oxygen atoms in total. The van der Waals surface area contributed by atoms with E-state index in [0.717, 1.165) is 17.5 Å². The Bertz CT molecular complexity index is 1020. The predicted molar refractivity (Wildman–Crippen MR) is 126 cm³/mol. The Balaban J connectivity index is 1.55. The van der Waals surface area contributed by atoms with Crippen molar-refractivity contribution in [3.8, 4) is 0 Å². The van der Waals surface area contributed by atoms with Gasteiger partial charge in [-0.15, -0.1) is 0 Å². The Labute approximate surface area is 187 Å². The molecule has 0 bridgehead atoms. The van der Waals surface area contributed by atoms with Gasteiger partial charge in [-0.3, -0.25) is 4.79 Å². The van der Waals surface area contributed by atoms with Crippen molar-refractivity contribution in [2.75, 3.05) is 30.7 Å². The quantitative estimate of drug-likeness (QED) is 0.389. The zero-order valence-corrected chi connectivity index (χ0v) is 17.8. The molecule has 32 heavy (non-hydrogen) atoms. The summed E-state index contributed by atoms with van der Waals surface area (Å²) >= 11 is 0. The van der Waals surface area contributed by atoms with Gasteiger partial charge in [0.1, 0.15) is 0 Å². The number of nitrogens with two attached hydrogens (primary N) is 1. The van der Waals surface area contributed by atoms with E-state index in [1.165, 1.54) is 0 Å². The third kappa shape index (κ3) is 6.58. The molecule has 0 aromatic heterocycles. The number of aliphatic hydroxyl groups excluding tert-OH is 1. The van der Waals surface area contributed by atoms with Gasteiger partial charge in [-0.2, -0.15) is 0 Å². The van der Waals surface area contributed by atoms with Crippen LogP contribution in [0.15, 0.2) is 78.9 Å². The van der Waals surface area contributed by atoms with Crippen molar-refractivity contribution in [2.45, 2.75) is 13.0 Å². The minimum Gasteiger partial charge on any atom is -0.397 e. The van der Waals surface area contributed by atoms with Crippen LogP contribution in [-0.4, -0.2) is 41.6 Å². The summed E-state index contributed by atoms with van der Waals surface area (Å²) in [5, 5.41) is 15.1. The maximum Gasteiger partial charge on any atom is 0.317 e. The smallest absolute Gasteiger partial charge is 0.317 e. The van der Waals surface area contributed by atoms with Crippen LogP contribution in [0.2, 0.25) is 0 Å². The standard InChI is InChI=1S/C25H28N4O3/c26-22-8-4-5-9-23(22)28-24(31)21-12-10-20(11-13-21)18-29(16-17-30)25(32)27-15-14-19-6-2-1-3-7-19/h1-13,30H,14-18,26H2,(H,27,32)(H,28,31). The number of carbonyl (C=O) groups excluding carboxylic acids is 2. The summed E-state index contributed by atoms with van der Waals surface area (Å²) < 4.78 is 0. The van der Waals surface area contributed by atoms with Crippen molar-refractivity contribution >= 4 is 23.3 Å². The summed E-state index contributed by atoms with van der Waals surface area (Å²) in [6, 6.07) is 23.7. The van der Waals surface area contributed by atoms with E-state index in [2.05, 4.69) is 10.6 Å². The molecular formula is C25H28N4O3. The first-order valence-electron chi connectivity index (χ1n) is 10.5. The van der Waals surface area contributed by atoms with E-state index in [0.29, 0.717) is 30.0 Å². The molecule has 0 unspecified atom stereocenters. The number of benzene rings is 3. The molecule has 3 amide bonds. The number of hydrogen-bond acceptors (Lipinski definition) is 4. The molecule has 3 aromatic carbocycles. The van der Waals surface area contributed by atoms with Crippen LogP contribution in [0.4, 0.5) is 16.2 Å². The van der Waals surface area contributed by atoms with Crippen molar-refractivity contribution in [1.82, 2.24) is 10.2 Å². The number of hydrogen-bond donors (Lipinski definition) is 4. The SMILES string of the molecule is Nc1ccccc1NC(=O)c1ccc(CN(CCO)C(=O)NCCc2ccccc2)cc1. The summed E-state index contributed by atoms with van der Waals surface area (Å²) in [5.74, 6) is -0.264. The zero-order valence-electron chi connectivity index (χ0n) is 17.8. The third-order valence-corrected chi connectivity index (χ3v) is 4.99. The minimum atomic E-state index is -0.264. The van der Waals surface area contributed by atoms with Gasteiger partial charge in [0.15, 0.2) is 0 Å². The third-order valence-electron chi connectivity index (χ3n) is 4.99. The number of aliphatic hydroxyl groups is 1. The highest BCUT2D eigenvalue weighted by Gasteiger charge is 2.14.